The Morgan fingerprint density at radius 2 is 1.93 bits per heavy atom. The summed E-state index contributed by atoms with van der Waals surface area (Å²) in [4.78, 5) is 39.9. The van der Waals surface area contributed by atoms with Gasteiger partial charge in [0.15, 0.2) is 0 Å². The molecule has 1 N–H and O–H groups in total. The van der Waals surface area contributed by atoms with Gasteiger partial charge in [-0.25, -0.2) is 8.78 Å². The molecule has 0 unspecified atom stereocenters. The maximum Gasteiger partial charge on any atom is 0.229 e. The standard InChI is InChI=1S/C21H19F2N3O3/c1-12(27)25-7-6-13-8-16(3-5-19(13)25)26-11-14(9-20(26)28)21(29)24-18-4-2-15(22)10-17(18)23/h2-5,8,10,14H,6-7,9,11H2,1H3,(H,24,29)/t14-/m0/s1. The molecule has 3 amide bonds. The van der Waals surface area contributed by atoms with E-state index in [1.165, 1.54) is 11.8 Å². The molecular weight excluding hydrogens is 380 g/mol. The van der Waals surface area contributed by atoms with Crippen molar-refractivity contribution in [3.63, 3.8) is 0 Å². The van der Waals surface area contributed by atoms with Gasteiger partial charge >= 0.3 is 0 Å². The minimum absolute atomic E-state index is 0.00526. The van der Waals surface area contributed by atoms with Crippen molar-refractivity contribution in [3.8, 4) is 0 Å². The minimum Gasteiger partial charge on any atom is -0.323 e. The molecule has 0 saturated carbocycles. The molecule has 2 aromatic rings. The van der Waals surface area contributed by atoms with Crippen molar-refractivity contribution < 1.29 is 23.2 Å². The van der Waals surface area contributed by atoms with Crippen LogP contribution in [0.2, 0.25) is 0 Å². The summed E-state index contributed by atoms with van der Waals surface area (Å²) < 4.78 is 26.8. The molecule has 2 heterocycles. The van der Waals surface area contributed by atoms with E-state index in [1.807, 2.05) is 12.1 Å². The average Bonchev–Trinajstić information content (AvgIpc) is 3.27. The van der Waals surface area contributed by atoms with Crippen LogP contribution in [0.3, 0.4) is 0 Å². The smallest absolute Gasteiger partial charge is 0.229 e. The van der Waals surface area contributed by atoms with Gasteiger partial charge in [0.05, 0.1) is 11.6 Å². The van der Waals surface area contributed by atoms with Crippen molar-refractivity contribution >= 4 is 34.8 Å². The highest BCUT2D eigenvalue weighted by molar-refractivity contribution is 6.04. The summed E-state index contributed by atoms with van der Waals surface area (Å²) in [5, 5.41) is 2.43. The number of hydrogen-bond donors (Lipinski definition) is 1. The molecule has 1 fully saturated rings. The SMILES string of the molecule is CC(=O)N1CCc2cc(N3C[C@@H](C(=O)Nc4ccc(F)cc4F)CC3=O)ccc21. The highest BCUT2D eigenvalue weighted by Gasteiger charge is 2.36. The van der Waals surface area contributed by atoms with Crippen LogP contribution in [-0.2, 0) is 20.8 Å². The highest BCUT2D eigenvalue weighted by atomic mass is 19.1. The Morgan fingerprint density at radius 1 is 1.14 bits per heavy atom. The Morgan fingerprint density at radius 3 is 2.66 bits per heavy atom. The van der Waals surface area contributed by atoms with Crippen LogP contribution in [0.4, 0.5) is 25.8 Å². The fourth-order valence-electron chi connectivity index (χ4n) is 3.84. The van der Waals surface area contributed by atoms with E-state index < -0.39 is 23.5 Å². The first-order valence-electron chi connectivity index (χ1n) is 9.31. The van der Waals surface area contributed by atoms with E-state index >= 15 is 0 Å². The molecule has 0 aromatic heterocycles. The van der Waals surface area contributed by atoms with E-state index in [0.29, 0.717) is 24.7 Å². The van der Waals surface area contributed by atoms with Crippen LogP contribution >= 0.6 is 0 Å². The molecule has 6 nitrogen and oxygen atoms in total. The molecule has 1 atom stereocenters. The van der Waals surface area contributed by atoms with Crippen LogP contribution in [0.1, 0.15) is 18.9 Å². The van der Waals surface area contributed by atoms with E-state index in [-0.39, 0.29) is 30.5 Å². The number of amides is 3. The molecule has 2 aliphatic heterocycles. The molecular formula is C21H19F2N3O3. The largest absolute Gasteiger partial charge is 0.323 e. The molecule has 150 valence electrons. The number of hydrogen-bond acceptors (Lipinski definition) is 3. The van der Waals surface area contributed by atoms with Crippen molar-refractivity contribution in [2.24, 2.45) is 5.92 Å². The number of halogens is 2. The second-order valence-electron chi connectivity index (χ2n) is 7.25. The second kappa shape index (κ2) is 7.27. The van der Waals surface area contributed by atoms with Gasteiger partial charge in [0.25, 0.3) is 0 Å². The van der Waals surface area contributed by atoms with Gasteiger partial charge in [0.2, 0.25) is 17.7 Å². The molecule has 4 rings (SSSR count). The van der Waals surface area contributed by atoms with Crippen LogP contribution in [0.5, 0.6) is 0 Å². The molecule has 0 bridgehead atoms. The number of carbonyl (C=O) groups excluding carboxylic acids is 3. The lowest BCUT2D eigenvalue weighted by Gasteiger charge is -2.19. The van der Waals surface area contributed by atoms with Gasteiger partial charge in [-0.1, -0.05) is 0 Å². The lowest BCUT2D eigenvalue weighted by atomic mass is 10.1. The zero-order valence-electron chi connectivity index (χ0n) is 15.7. The quantitative estimate of drug-likeness (QED) is 0.863. The number of fused-ring (bicyclic) bond motifs is 1. The van der Waals surface area contributed by atoms with Gasteiger partial charge in [-0.15, -0.1) is 0 Å². The average molecular weight is 399 g/mol. The third kappa shape index (κ3) is 3.57. The number of carbonyl (C=O) groups is 3. The summed E-state index contributed by atoms with van der Waals surface area (Å²) in [5.74, 6) is -2.97. The third-order valence-electron chi connectivity index (χ3n) is 5.34. The van der Waals surface area contributed by atoms with Gasteiger partial charge in [0, 0.05) is 43.9 Å². The second-order valence-corrected chi connectivity index (χ2v) is 7.25. The van der Waals surface area contributed by atoms with Gasteiger partial charge in [-0.2, -0.15) is 0 Å². The van der Waals surface area contributed by atoms with E-state index in [0.717, 1.165) is 23.4 Å². The number of nitrogens with zero attached hydrogens (tertiary/aromatic N) is 2. The van der Waals surface area contributed by atoms with Crippen molar-refractivity contribution in [1.82, 2.24) is 0 Å². The van der Waals surface area contributed by atoms with Crippen molar-refractivity contribution in [3.05, 3.63) is 53.6 Å². The summed E-state index contributed by atoms with van der Waals surface area (Å²) >= 11 is 0. The van der Waals surface area contributed by atoms with Crippen molar-refractivity contribution in [2.75, 3.05) is 28.2 Å². The molecule has 0 spiro atoms. The summed E-state index contributed by atoms with van der Waals surface area (Å²) in [6.07, 6.45) is 0.712. The molecule has 0 radical (unpaired) electrons. The topological polar surface area (TPSA) is 69.7 Å². The zero-order chi connectivity index (χ0) is 20.7. The van der Waals surface area contributed by atoms with E-state index in [9.17, 15) is 23.2 Å². The highest BCUT2D eigenvalue weighted by Crippen LogP contribution is 2.34. The Hall–Kier alpha value is -3.29. The third-order valence-corrected chi connectivity index (χ3v) is 5.34. The van der Waals surface area contributed by atoms with Crippen molar-refractivity contribution in [1.29, 1.82) is 0 Å². The van der Waals surface area contributed by atoms with E-state index in [4.69, 9.17) is 0 Å². The first kappa shape index (κ1) is 19.0. The lowest BCUT2D eigenvalue weighted by Crippen LogP contribution is -2.28. The number of benzene rings is 2. The summed E-state index contributed by atoms with van der Waals surface area (Å²) in [5.41, 5.74) is 2.37. The van der Waals surface area contributed by atoms with Gasteiger partial charge in [-0.3, -0.25) is 14.4 Å². The van der Waals surface area contributed by atoms with Crippen LogP contribution in [0.25, 0.3) is 0 Å². The summed E-state index contributed by atoms with van der Waals surface area (Å²) in [7, 11) is 0. The Bertz CT molecular complexity index is 1020. The van der Waals surface area contributed by atoms with Gasteiger partial charge < -0.3 is 15.1 Å². The fourth-order valence-corrected chi connectivity index (χ4v) is 3.84. The van der Waals surface area contributed by atoms with Gasteiger partial charge in [0.1, 0.15) is 11.6 Å². The first-order valence-corrected chi connectivity index (χ1v) is 9.31. The van der Waals surface area contributed by atoms with Crippen LogP contribution in [0, 0.1) is 17.6 Å². The monoisotopic (exact) mass is 399 g/mol. The van der Waals surface area contributed by atoms with Crippen LogP contribution in [0.15, 0.2) is 36.4 Å². The zero-order valence-corrected chi connectivity index (χ0v) is 15.7. The number of rotatable bonds is 3. The molecule has 29 heavy (non-hydrogen) atoms. The molecule has 0 aliphatic carbocycles. The Kier molecular flexibility index (Phi) is 4.77. The summed E-state index contributed by atoms with van der Waals surface area (Å²) in [6, 6.07) is 8.34. The first-order chi connectivity index (χ1) is 13.8. The fraction of sp³-hybridized carbons (Fsp3) is 0.286. The Labute approximate surface area is 166 Å². The molecule has 2 aliphatic rings. The number of anilines is 3. The van der Waals surface area contributed by atoms with E-state index in [2.05, 4.69) is 5.32 Å². The number of nitrogens with one attached hydrogen (secondary N) is 1. The predicted molar refractivity (Wildman–Crippen MR) is 104 cm³/mol. The van der Waals surface area contributed by atoms with Crippen LogP contribution in [-0.4, -0.2) is 30.8 Å². The molecule has 1 saturated heterocycles. The van der Waals surface area contributed by atoms with E-state index in [1.54, 1.807) is 11.0 Å². The maximum atomic E-state index is 13.8. The minimum atomic E-state index is -0.867. The summed E-state index contributed by atoms with van der Waals surface area (Å²) in [6.45, 7) is 2.29. The molecule has 2 aromatic carbocycles. The predicted octanol–water partition coefficient (Wildman–Crippen LogP) is 2.87. The lowest BCUT2D eigenvalue weighted by molar-refractivity contribution is -0.122. The van der Waals surface area contributed by atoms with Crippen molar-refractivity contribution in [2.45, 2.75) is 19.8 Å². The Balaban J connectivity index is 1.48. The maximum absolute atomic E-state index is 13.8. The normalized spacial score (nSPS) is 18.2. The molecule has 8 heteroatoms. The van der Waals surface area contributed by atoms with Crippen LogP contribution < -0.4 is 15.1 Å². The van der Waals surface area contributed by atoms with Gasteiger partial charge in [-0.05, 0) is 42.3 Å².